The van der Waals surface area contributed by atoms with Crippen molar-refractivity contribution in [1.29, 1.82) is 0 Å². The second-order valence-corrected chi connectivity index (χ2v) is 7.70. The van der Waals surface area contributed by atoms with Crippen LogP contribution in [0.25, 0.3) is 33.6 Å². The van der Waals surface area contributed by atoms with Gasteiger partial charge in [-0.2, -0.15) is 0 Å². The van der Waals surface area contributed by atoms with Gasteiger partial charge in [-0.15, -0.1) is 0 Å². The van der Waals surface area contributed by atoms with Crippen molar-refractivity contribution in [1.82, 2.24) is 15.0 Å². The number of hydrogen-bond donors (Lipinski definition) is 1. The molecule has 0 bridgehead atoms. The summed E-state index contributed by atoms with van der Waals surface area (Å²) in [4.78, 5) is 16.1. The van der Waals surface area contributed by atoms with Gasteiger partial charge in [0.15, 0.2) is 0 Å². The summed E-state index contributed by atoms with van der Waals surface area (Å²) in [5.74, 6) is 0.794. The molecule has 1 aliphatic heterocycles. The minimum Gasteiger partial charge on any atom is -0.378 e. The third kappa shape index (κ3) is 4.31. The Kier molecular flexibility index (Phi) is 5.77. The molecule has 6 heteroatoms. The molecule has 6 nitrogen and oxygen atoms in total. The number of nitrogens with zero attached hydrogens (tertiary/aromatic N) is 4. The Labute approximate surface area is 188 Å². The lowest BCUT2D eigenvalue weighted by Crippen LogP contribution is -2.36. The van der Waals surface area contributed by atoms with Gasteiger partial charge in [0.25, 0.3) is 0 Å². The first-order valence-electron chi connectivity index (χ1n) is 10.8. The van der Waals surface area contributed by atoms with Crippen LogP contribution in [0.3, 0.4) is 0 Å². The van der Waals surface area contributed by atoms with Gasteiger partial charge in [0.2, 0.25) is 0 Å². The molecule has 0 unspecified atom stereocenters. The van der Waals surface area contributed by atoms with Crippen molar-refractivity contribution < 1.29 is 4.74 Å². The second kappa shape index (κ2) is 9.16. The lowest BCUT2D eigenvalue weighted by Gasteiger charge is -2.29. The molecule has 1 aromatic carbocycles. The van der Waals surface area contributed by atoms with E-state index in [-0.39, 0.29) is 0 Å². The monoisotopic (exact) mass is 423 g/mol. The second-order valence-electron chi connectivity index (χ2n) is 7.70. The molecule has 4 heterocycles. The van der Waals surface area contributed by atoms with E-state index >= 15 is 0 Å². The highest BCUT2D eigenvalue weighted by Crippen LogP contribution is 2.31. The summed E-state index contributed by atoms with van der Waals surface area (Å²) in [5, 5.41) is 3.16. The van der Waals surface area contributed by atoms with Crippen LogP contribution in [0.2, 0.25) is 0 Å². The summed E-state index contributed by atoms with van der Waals surface area (Å²) < 4.78 is 5.49. The number of anilines is 2. The van der Waals surface area contributed by atoms with Crippen molar-refractivity contribution in [3.05, 3.63) is 79.3 Å². The van der Waals surface area contributed by atoms with Crippen LogP contribution in [0.4, 0.5) is 11.5 Å². The highest BCUT2D eigenvalue weighted by molar-refractivity contribution is 5.77. The zero-order valence-corrected chi connectivity index (χ0v) is 18.0. The van der Waals surface area contributed by atoms with Gasteiger partial charge in [-0.05, 0) is 53.6 Å². The first-order chi connectivity index (χ1) is 15.8. The fraction of sp³-hybridized carbons (Fsp3) is 0.192. The molecule has 0 amide bonds. The third-order valence-electron chi connectivity index (χ3n) is 5.64. The number of hydrogen-bond acceptors (Lipinski definition) is 6. The van der Waals surface area contributed by atoms with Gasteiger partial charge in [-0.3, -0.25) is 9.97 Å². The molecule has 3 aromatic heterocycles. The van der Waals surface area contributed by atoms with E-state index in [2.05, 4.69) is 61.6 Å². The predicted molar refractivity (Wildman–Crippen MR) is 129 cm³/mol. The van der Waals surface area contributed by atoms with Crippen molar-refractivity contribution in [3.8, 4) is 33.6 Å². The summed E-state index contributed by atoms with van der Waals surface area (Å²) in [6, 6.07) is 20.8. The van der Waals surface area contributed by atoms with Crippen LogP contribution < -0.4 is 10.2 Å². The smallest absolute Gasteiger partial charge is 0.127 e. The zero-order valence-electron chi connectivity index (χ0n) is 18.0. The number of pyridine rings is 3. The van der Waals surface area contributed by atoms with E-state index in [1.165, 1.54) is 5.69 Å². The number of rotatable bonds is 5. The molecule has 5 rings (SSSR count). The van der Waals surface area contributed by atoms with Crippen LogP contribution in [0.5, 0.6) is 0 Å². The molecule has 0 saturated carbocycles. The summed E-state index contributed by atoms with van der Waals surface area (Å²) in [6.45, 7) is 3.38. The molecular weight excluding hydrogens is 398 g/mol. The van der Waals surface area contributed by atoms with E-state index in [0.717, 1.165) is 65.8 Å². The maximum atomic E-state index is 5.49. The largest absolute Gasteiger partial charge is 0.378 e. The van der Waals surface area contributed by atoms with Crippen molar-refractivity contribution in [2.24, 2.45) is 0 Å². The van der Waals surface area contributed by atoms with Gasteiger partial charge >= 0.3 is 0 Å². The number of morpholine rings is 1. The highest BCUT2D eigenvalue weighted by atomic mass is 16.5. The molecule has 1 saturated heterocycles. The summed E-state index contributed by atoms with van der Waals surface area (Å²) in [6.07, 6.45) is 5.60. The molecule has 0 aliphatic carbocycles. The highest BCUT2D eigenvalue weighted by Gasteiger charge is 2.13. The maximum Gasteiger partial charge on any atom is 0.127 e. The molecular formula is C26H25N5O. The average Bonchev–Trinajstić information content (AvgIpc) is 2.89. The Morgan fingerprint density at radius 2 is 1.66 bits per heavy atom. The van der Waals surface area contributed by atoms with E-state index < -0.39 is 0 Å². The Morgan fingerprint density at radius 3 is 2.44 bits per heavy atom. The minimum atomic E-state index is 0.774. The van der Waals surface area contributed by atoms with Gasteiger partial charge in [0.1, 0.15) is 5.82 Å². The molecule has 1 N–H and O–H groups in total. The van der Waals surface area contributed by atoms with Crippen molar-refractivity contribution in [2.45, 2.75) is 0 Å². The van der Waals surface area contributed by atoms with Gasteiger partial charge < -0.3 is 15.0 Å². The maximum absolute atomic E-state index is 5.49. The van der Waals surface area contributed by atoms with E-state index in [1.807, 2.05) is 43.7 Å². The number of aromatic nitrogens is 3. The third-order valence-corrected chi connectivity index (χ3v) is 5.64. The molecule has 0 atom stereocenters. The molecule has 4 aromatic rings. The van der Waals surface area contributed by atoms with Crippen LogP contribution in [0.15, 0.2) is 79.3 Å². The molecule has 1 fully saturated rings. The Balaban J connectivity index is 1.51. The molecule has 0 spiro atoms. The van der Waals surface area contributed by atoms with Crippen LogP contribution in [-0.2, 0) is 4.74 Å². The van der Waals surface area contributed by atoms with Crippen molar-refractivity contribution >= 4 is 11.5 Å². The minimum absolute atomic E-state index is 0.774. The van der Waals surface area contributed by atoms with E-state index in [9.17, 15) is 0 Å². The molecule has 0 radical (unpaired) electrons. The van der Waals surface area contributed by atoms with Gasteiger partial charge in [-0.25, -0.2) is 4.98 Å². The summed E-state index contributed by atoms with van der Waals surface area (Å²) in [5.41, 5.74) is 7.20. The normalized spacial score (nSPS) is 13.7. The molecule has 1 aliphatic rings. The van der Waals surface area contributed by atoms with Crippen LogP contribution in [0.1, 0.15) is 0 Å². The van der Waals surface area contributed by atoms with Gasteiger partial charge in [0, 0.05) is 55.5 Å². The van der Waals surface area contributed by atoms with Crippen LogP contribution in [-0.4, -0.2) is 48.3 Å². The Morgan fingerprint density at radius 1 is 0.812 bits per heavy atom. The Hall–Kier alpha value is -3.77. The van der Waals surface area contributed by atoms with E-state index in [1.54, 1.807) is 6.20 Å². The average molecular weight is 424 g/mol. The number of nitrogens with one attached hydrogen (secondary N) is 1. The lowest BCUT2D eigenvalue weighted by molar-refractivity contribution is 0.122. The van der Waals surface area contributed by atoms with Crippen LogP contribution >= 0.6 is 0 Å². The SMILES string of the molecule is CNc1cc(-c2cncc(-c3cccc(N4CCOCC4)c3)c2)cc(-c2ccccn2)n1. The zero-order chi connectivity index (χ0) is 21.8. The van der Waals surface area contributed by atoms with Gasteiger partial charge in [0.05, 0.1) is 24.6 Å². The quantitative estimate of drug-likeness (QED) is 0.500. The fourth-order valence-corrected chi connectivity index (χ4v) is 3.93. The topological polar surface area (TPSA) is 63.2 Å². The molecule has 160 valence electrons. The Bertz CT molecular complexity index is 1210. The fourth-order valence-electron chi connectivity index (χ4n) is 3.93. The molecule has 32 heavy (non-hydrogen) atoms. The van der Waals surface area contributed by atoms with Crippen molar-refractivity contribution in [3.63, 3.8) is 0 Å². The van der Waals surface area contributed by atoms with Crippen LogP contribution in [0, 0.1) is 0 Å². The van der Waals surface area contributed by atoms with E-state index in [4.69, 9.17) is 4.74 Å². The standard InChI is InChI=1S/C26H25N5O/c1-27-26-16-20(15-25(30-26)24-7-2-3-8-29-24)22-13-21(17-28-18-22)19-5-4-6-23(14-19)31-9-11-32-12-10-31/h2-8,13-18H,9-12H2,1H3,(H,27,30). The van der Waals surface area contributed by atoms with E-state index in [0.29, 0.717) is 0 Å². The predicted octanol–water partition coefficient (Wildman–Crippen LogP) is 4.75. The first kappa shape index (κ1) is 20.2. The number of benzene rings is 1. The lowest BCUT2D eigenvalue weighted by atomic mass is 10.0. The first-order valence-corrected chi connectivity index (χ1v) is 10.8. The van der Waals surface area contributed by atoms with Gasteiger partial charge in [-0.1, -0.05) is 18.2 Å². The summed E-state index contributed by atoms with van der Waals surface area (Å²) in [7, 11) is 1.88. The van der Waals surface area contributed by atoms with Crippen molar-refractivity contribution in [2.75, 3.05) is 43.6 Å². The number of ether oxygens (including phenoxy) is 1. The summed E-state index contributed by atoms with van der Waals surface area (Å²) >= 11 is 0.